The molecule has 1 heterocycles. The van der Waals surface area contributed by atoms with Crippen LogP contribution in [0.5, 0.6) is 17.4 Å². The van der Waals surface area contributed by atoms with Crippen molar-refractivity contribution < 1.29 is 9.47 Å². The highest BCUT2D eigenvalue weighted by atomic mass is 35.5. The maximum atomic E-state index is 5.74. The highest BCUT2D eigenvalue weighted by Gasteiger charge is 2.03. The molecule has 0 N–H and O–H groups in total. The second-order valence-corrected chi connectivity index (χ2v) is 3.73. The average Bonchev–Trinajstić information content (AvgIpc) is 2.28. The van der Waals surface area contributed by atoms with E-state index in [0.29, 0.717) is 11.6 Å². The summed E-state index contributed by atoms with van der Waals surface area (Å²) in [6.45, 7) is 1.83. The molecule has 0 saturated heterocycles. The number of hydrogen-bond donors (Lipinski definition) is 0. The van der Waals surface area contributed by atoms with Crippen LogP contribution in [0.2, 0.25) is 5.28 Å². The Balaban J connectivity index is 2.19. The van der Waals surface area contributed by atoms with Gasteiger partial charge in [-0.05, 0) is 42.8 Å². The molecule has 0 amide bonds. The molecule has 4 nitrogen and oxygen atoms in total. The third-order valence-corrected chi connectivity index (χ3v) is 2.25. The lowest BCUT2D eigenvalue weighted by Gasteiger charge is -2.06. The first-order valence-electron chi connectivity index (χ1n) is 5.00. The summed E-state index contributed by atoms with van der Waals surface area (Å²) in [6, 6.07) is 8.93. The highest BCUT2D eigenvalue weighted by molar-refractivity contribution is 6.28. The summed E-state index contributed by atoms with van der Waals surface area (Å²) in [5.74, 6) is 1.86. The molecule has 2 rings (SSSR count). The molecule has 2 aromatic rings. The molecule has 0 aliphatic carbocycles. The molecule has 0 unspecified atom stereocenters. The normalized spacial score (nSPS) is 10.1. The second-order valence-electron chi connectivity index (χ2n) is 3.39. The van der Waals surface area contributed by atoms with Crippen LogP contribution < -0.4 is 9.47 Å². The van der Waals surface area contributed by atoms with Crippen LogP contribution in [-0.4, -0.2) is 17.1 Å². The molecular formula is C12H11ClN2O2. The van der Waals surface area contributed by atoms with Gasteiger partial charge in [-0.1, -0.05) is 0 Å². The summed E-state index contributed by atoms with van der Waals surface area (Å²) >= 11 is 5.74. The molecular weight excluding hydrogens is 240 g/mol. The second kappa shape index (κ2) is 5.01. The first kappa shape index (κ1) is 11.7. The lowest BCUT2D eigenvalue weighted by Crippen LogP contribution is -1.92. The Bertz CT molecular complexity index is 494. The standard InChI is InChI=1S/C12H11ClN2O2/c1-8-7-11(15-12(13)14-8)17-10-5-3-9(16-2)4-6-10/h3-7H,1-2H3. The summed E-state index contributed by atoms with van der Waals surface area (Å²) in [7, 11) is 1.61. The monoisotopic (exact) mass is 250 g/mol. The van der Waals surface area contributed by atoms with Crippen LogP contribution >= 0.6 is 11.6 Å². The van der Waals surface area contributed by atoms with Gasteiger partial charge < -0.3 is 9.47 Å². The Labute approximate surface area is 104 Å². The van der Waals surface area contributed by atoms with Crippen molar-refractivity contribution in [2.45, 2.75) is 6.92 Å². The largest absolute Gasteiger partial charge is 0.497 e. The lowest BCUT2D eigenvalue weighted by atomic mass is 10.3. The topological polar surface area (TPSA) is 44.2 Å². The van der Waals surface area contributed by atoms with E-state index in [4.69, 9.17) is 21.1 Å². The van der Waals surface area contributed by atoms with Crippen molar-refractivity contribution in [3.63, 3.8) is 0 Å². The van der Waals surface area contributed by atoms with Crippen LogP contribution in [0.3, 0.4) is 0 Å². The number of rotatable bonds is 3. The van der Waals surface area contributed by atoms with Crippen molar-refractivity contribution in [1.82, 2.24) is 9.97 Å². The summed E-state index contributed by atoms with van der Waals surface area (Å²) in [6.07, 6.45) is 0. The van der Waals surface area contributed by atoms with Crippen LogP contribution in [-0.2, 0) is 0 Å². The minimum absolute atomic E-state index is 0.175. The maximum Gasteiger partial charge on any atom is 0.225 e. The summed E-state index contributed by atoms with van der Waals surface area (Å²) < 4.78 is 10.6. The molecule has 1 aromatic heterocycles. The number of benzene rings is 1. The van der Waals surface area contributed by atoms with Gasteiger partial charge >= 0.3 is 0 Å². The fraction of sp³-hybridized carbons (Fsp3) is 0.167. The Kier molecular flexibility index (Phi) is 3.44. The molecule has 0 spiro atoms. The summed E-state index contributed by atoms with van der Waals surface area (Å²) in [5.41, 5.74) is 0.758. The van der Waals surface area contributed by atoms with Gasteiger partial charge in [-0.3, -0.25) is 0 Å². The van der Waals surface area contributed by atoms with Gasteiger partial charge in [-0.15, -0.1) is 0 Å². The molecule has 0 bridgehead atoms. The van der Waals surface area contributed by atoms with E-state index in [1.807, 2.05) is 19.1 Å². The van der Waals surface area contributed by atoms with Gasteiger partial charge in [-0.25, -0.2) is 4.98 Å². The lowest BCUT2D eigenvalue weighted by molar-refractivity contribution is 0.412. The number of nitrogens with zero attached hydrogens (tertiary/aromatic N) is 2. The fourth-order valence-corrected chi connectivity index (χ4v) is 1.54. The molecule has 88 valence electrons. The van der Waals surface area contributed by atoms with Crippen LogP contribution in [0.25, 0.3) is 0 Å². The number of ether oxygens (including phenoxy) is 2. The van der Waals surface area contributed by atoms with Gasteiger partial charge in [0, 0.05) is 11.8 Å². The molecule has 0 radical (unpaired) electrons. The smallest absolute Gasteiger partial charge is 0.225 e. The van der Waals surface area contributed by atoms with E-state index in [-0.39, 0.29) is 5.28 Å². The van der Waals surface area contributed by atoms with Gasteiger partial charge in [0.15, 0.2) is 0 Å². The number of aryl methyl sites for hydroxylation is 1. The number of halogens is 1. The maximum absolute atomic E-state index is 5.74. The van der Waals surface area contributed by atoms with E-state index in [2.05, 4.69) is 9.97 Å². The summed E-state index contributed by atoms with van der Waals surface area (Å²) in [4.78, 5) is 7.93. The molecule has 1 aromatic carbocycles. The van der Waals surface area contributed by atoms with Gasteiger partial charge in [0.1, 0.15) is 11.5 Å². The Morgan fingerprint density at radius 3 is 2.29 bits per heavy atom. The van der Waals surface area contributed by atoms with Crippen LogP contribution in [0.4, 0.5) is 0 Å². The van der Waals surface area contributed by atoms with E-state index >= 15 is 0 Å². The quantitative estimate of drug-likeness (QED) is 0.785. The Morgan fingerprint density at radius 1 is 1.06 bits per heavy atom. The fourth-order valence-electron chi connectivity index (χ4n) is 1.32. The Morgan fingerprint density at radius 2 is 1.71 bits per heavy atom. The molecule has 0 saturated carbocycles. The van der Waals surface area contributed by atoms with E-state index in [1.165, 1.54) is 0 Å². The minimum atomic E-state index is 0.175. The average molecular weight is 251 g/mol. The molecule has 0 fully saturated rings. The first-order chi connectivity index (χ1) is 8.17. The molecule has 5 heteroatoms. The van der Waals surface area contributed by atoms with E-state index < -0.39 is 0 Å². The zero-order valence-corrected chi connectivity index (χ0v) is 10.2. The van der Waals surface area contributed by atoms with Gasteiger partial charge in [0.2, 0.25) is 11.2 Å². The van der Waals surface area contributed by atoms with E-state index in [0.717, 1.165) is 11.4 Å². The van der Waals surface area contributed by atoms with Crippen molar-refractivity contribution in [1.29, 1.82) is 0 Å². The van der Waals surface area contributed by atoms with Crippen LogP contribution in [0, 0.1) is 6.92 Å². The van der Waals surface area contributed by atoms with Crippen molar-refractivity contribution >= 4 is 11.6 Å². The van der Waals surface area contributed by atoms with Gasteiger partial charge in [0.05, 0.1) is 7.11 Å². The number of methoxy groups -OCH3 is 1. The van der Waals surface area contributed by atoms with E-state index in [1.54, 1.807) is 25.3 Å². The molecule has 0 aliphatic heterocycles. The molecule has 0 atom stereocenters. The van der Waals surface area contributed by atoms with Crippen molar-refractivity contribution in [2.75, 3.05) is 7.11 Å². The van der Waals surface area contributed by atoms with Crippen molar-refractivity contribution in [2.24, 2.45) is 0 Å². The number of aromatic nitrogens is 2. The van der Waals surface area contributed by atoms with Crippen molar-refractivity contribution in [3.8, 4) is 17.4 Å². The zero-order valence-electron chi connectivity index (χ0n) is 9.48. The van der Waals surface area contributed by atoms with Crippen LogP contribution in [0.15, 0.2) is 30.3 Å². The number of hydrogen-bond acceptors (Lipinski definition) is 4. The van der Waals surface area contributed by atoms with Crippen molar-refractivity contribution in [3.05, 3.63) is 41.3 Å². The highest BCUT2D eigenvalue weighted by Crippen LogP contribution is 2.23. The van der Waals surface area contributed by atoms with Gasteiger partial charge in [-0.2, -0.15) is 4.98 Å². The third-order valence-electron chi connectivity index (χ3n) is 2.09. The summed E-state index contributed by atoms with van der Waals surface area (Å²) in [5, 5.41) is 0.175. The SMILES string of the molecule is COc1ccc(Oc2cc(C)nc(Cl)n2)cc1. The first-order valence-corrected chi connectivity index (χ1v) is 5.38. The minimum Gasteiger partial charge on any atom is -0.497 e. The predicted molar refractivity (Wildman–Crippen MR) is 64.8 cm³/mol. The van der Waals surface area contributed by atoms with E-state index in [9.17, 15) is 0 Å². The zero-order chi connectivity index (χ0) is 12.3. The molecule has 0 aliphatic rings. The molecule has 17 heavy (non-hydrogen) atoms. The van der Waals surface area contributed by atoms with Crippen LogP contribution in [0.1, 0.15) is 5.69 Å². The third kappa shape index (κ3) is 3.07. The Hall–Kier alpha value is -1.81. The van der Waals surface area contributed by atoms with Gasteiger partial charge in [0.25, 0.3) is 0 Å². The predicted octanol–water partition coefficient (Wildman–Crippen LogP) is 3.24.